The first-order valence-electron chi connectivity index (χ1n) is 11.1. The van der Waals surface area contributed by atoms with Gasteiger partial charge in [0.1, 0.15) is 5.82 Å². The number of rotatable bonds is 3. The van der Waals surface area contributed by atoms with Crippen molar-refractivity contribution < 1.29 is 23.3 Å². The van der Waals surface area contributed by atoms with Crippen LogP contribution in [0.15, 0.2) is 54.6 Å². The van der Waals surface area contributed by atoms with E-state index in [1.54, 1.807) is 0 Å². The molecule has 3 aromatic carbocycles. The number of hydrogen-bond acceptors (Lipinski definition) is 7. The van der Waals surface area contributed by atoms with Crippen LogP contribution < -0.4 is 34.7 Å². The number of halogens is 1. The van der Waals surface area contributed by atoms with Crippen LogP contribution in [-0.2, 0) is 6.54 Å². The molecule has 168 valence electrons. The van der Waals surface area contributed by atoms with Crippen LogP contribution in [0.1, 0.15) is 28.8 Å². The summed E-state index contributed by atoms with van der Waals surface area (Å²) in [5.41, 5.74) is 11.5. The molecule has 0 aromatic heterocycles. The van der Waals surface area contributed by atoms with E-state index in [1.165, 1.54) is 12.1 Å². The SMILES string of the molecule is Fc1ccc(CN2CC3C(c4ccc5c(c4)OCO5)NNC3c3cc4c(cc32)OCO4)cc1. The lowest BCUT2D eigenvalue weighted by Gasteiger charge is -2.39. The van der Waals surface area contributed by atoms with Crippen molar-refractivity contribution in [2.45, 2.75) is 18.6 Å². The van der Waals surface area contributed by atoms with Crippen molar-refractivity contribution in [1.82, 2.24) is 10.9 Å². The highest BCUT2D eigenvalue weighted by molar-refractivity contribution is 5.66. The van der Waals surface area contributed by atoms with E-state index in [9.17, 15) is 4.39 Å². The van der Waals surface area contributed by atoms with Crippen molar-refractivity contribution in [3.63, 3.8) is 0 Å². The van der Waals surface area contributed by atoms with Gasteiger partial charge >= 0.3 is 0 Å². The number of benzene rings is 3. The fourth-order valence-electron chi connectivity index (χ4n) is 5.33. The average Bonchev–Trinajstić information content (AvgIpc) is 3.58. The van der Waals surface area contributed by atoms with Gasteiger partial charge in [-0.3, -0.25) is 0 Å². The summed E-state index contributed by atoms with van der Waals surface area (Å²) < 4.78 is 35.9. The van der Waals surface area contributed by atoms with Crippen LogP contribution in [0, 0.1) is 11.7 Å². The molecule has 1 fully saturated rings. The number of nitrogens with one attached hydrogen (secondary N) is 2. The zero-order valence-corrected chi connectivity index (χ0v) is 17.7. The number of ether oxygens (including phenoxy) is 4. The third-order valence-electron chi connectivity index (χ3n) is 6.92. The first kappa shape index (κ1) is 19.0. The van der Waals surface area contributed by atoms with Gasteiger partial charge < -0.3 is 23.8 Å². The first-order chi connectivity index (χ1) is 16.2. The minimum Gasteiger partial charge on any atom is -0.454 e. The van der Waals surface area contributed by atoms with Crippen LogP contribution in [-0.4, -0.2) is 20.1 Å². The van der Waals surface area contributed by atoms with Gasteiger partial charge in [-0.25, -0.2) is 15.2 Å². The molecule has 33 heavy (non-hydrogen) atoms. The monoisotopic (exact) mass is 447 g/mol. The van der Waals surface area contributed by atoms with E-state index in [4.69, 9.17) is 18.9 Å². The van der Waals surface area contributed by atoms with Crippen LogP contribution >= 0.6 is 0 Å². The van der Waals surface area contributed by atoms with E-state index >= 15 is 0 Å². The molecule has 4 aliphatic rings. The number of hydrazine groups is 1. The molecule has 4 aliphatic heterocycles. The zero-order valence-electron chi connectivity index (χ0n) is 17.7. The minimum absolute atomic E-state index is 0.0822. The molecule has 0 spiro atoms. The second-order valence-corrected chi connectivity index (χ2v) is 8.79. The molecule has 0 bridgehead atoms. The Morgan fingerprint density at radius 2 is 1.48 bits per heavy atom. The Morgan fingerprint density at radius 3 is 2.30 bits per heavy atom. The predicted octanol–water partition coefficient (Wildman–Crippen LogP) is 3.81. The van der Waals surface area contributed by atoms with Gasteiger partial charge in [-0.05, 0) is 47.0 Å². The lowest BCUT2D eigenvalue weighted by atomic mass is 9.81. The molecule has 0 amide bonds. The summed E-state index contributed by atoms with van der Waals surface area (Å²) in [4.78, 5) is 2.35. The third-order valence-corrected chi connectivity index (χ3v) is 6.92. The molecule has 2 N–H and O–H groups in total. The van der Waals surface area contributed by atoms with Crippen molar-refractivity contribution in [1.29, 1.82) is 0 Å². The average molecular weight is 447 g/mol. The van der Waals surface area contributed by atoms with E-state index in [2.05, 4.69) is 40.0 Å². The molecule has 7 nitrogen and oxygen atoms in total. The van der Waals surface area contributed by atoms with Crippen molar-refractivity contribution in [2.75, 3.05) is 25.0 Å². The largest absolute Gasteiger partial charge is 0.454 e. The zero-order chi connectivity index (χ0) is 21.9. The highest BCUT2D eigenvalue weighted by atomic mass is 19.1. The van der Waals surface area contributed by atoms with Crippen LogP contribution in [0.4, 0.5) is 10.1 Å². The summed E-state index contributed by atoms with van der Waals surface area (Å²) in [5, 5.41) is 0. The Hall–Kier alpha value is -3.49. The van der Waals surface area contributed by atoms with Gasteiger partial charge in [-0.2, -0.15) is 0 Å². The lowest BCUT2D eigenvalue weighted by molar-refractivity contribution is 0.173. The van der Waals surface area contributed by atoms with Gasteiger partial charge in [-0.1, -0.05) is 18.2 Å². The van der Waals surface area contributed by atoms with Gasteiger partial charge in [0.25, 0.3) is 0 Å². The summed E-state index contributed by atoms with van der Waals surface area (Å²) in [7, 11) is 0. The third kappa shape index (κ3) is 3.09. The topological polar surface area (TPSA) is 64.2 Å². The number of anilines is 1. The first-order valence-corrected chi connectivity index (χ1v) is 11.1. The van der Waals surface area contributed by atoms with E-state index in [0.717, 1.165) is 51.9 Å². The number of hydrogen-bond donors (Lipinski definition) is 2. The maximum absolute atomic E-state index is 13.5. The number of fused-ring (bicyclic) bond motifs is 5. The quantitative estimate of drug-likeness (QED) is 0.633. The molecule has 8 heteroatoms. The molecule has 4 heterocycles. The van der Waals surface area contributed by atoms with Gasteiger partial charge in [0.15, 0.2) is 23.0 Å². The molecule has 1 saturated heterocycles. The van der Waals surface area contributed by atoms with Crippen LogP contribution in [0.5, 0.6) is 23.0 Å². The maximum Gasteiger partial charge on any atom is 0.231 e. The van der Waals surface area contributed by atoms with E-state index in [1.807, 2.05) is 18.2 Å². The summed E-state index contributed by atoms with van der Waals surface area (Å²) in [6, 6.07) is 17.2. The second-order valence-electron chi connectivity index (χ2n) is 8.79. The van der Waals surface area contributed by atoms with E-state index in [0.29, 0.717) is 6.54 Å². The number of nitrogens with zero attached hydrogens (tertiary/aromatic N) is 1. The van der Waals surface area contributed by atoms with E-state index in [-0.39, 0.29) is 37.4 Å². The summed E-state index contributed by atoms with van der Waals surface area (Å²) in [5.74, 6) is 3.10. The van der Waals surface area contributed by atoms with Gasteiger partial charge in [0.2, 0.25) is 13.6 Å². The smallest absolute Gasteiger partial charge is 0.231 e. The second kappa shape index (κ2) is 7.26. The Morgan fingerprint density at radius 1 is 0.788 bits per heavy atom. The Labute approximate surface area is 190 Å². The molecule has 0 aliphatic carbocycles. The van der Waals surface area contributed by atoms with Crippen LogP contribution in [0.25, 0.3) is 0 Å². The summed E-state index contributed by atoms with van der Waals surface area (Å²) >= 11 is 0. The highest BCUT2D eigenvalue weighted by Crippen LogP contribution is 2.50. The Bertz CT molecular complexity index is 1240. The molecule has 3 atom stereocenters. The van der Waals surface area contributed by atoms with Crippen LogP contribution in [0.2, 0.25) is 0 Å². The fourth-order valence-corrected chi connectivity index (χ4v) is 5.33. The molecule has 3 aromatic rings. The molecular formula is C25H22FN3O4. The Kier molecular flexibility index (Phi) is 4.19. The summed E-state index contributed by atoms with van der Waals surface area (Å²) in [6.07, 6.45) is 0. The maximum atomic E-state index is 13.5. The van der Waals surface area contributed by atoms with Gasteiger partial charge in [-0.15, -0.1) is 0 Å². The normalized spacial score (nSPS) is 24.0. The highest BCUT2D eigenvalue weighted by Gasteiger charge is 2.44. The van der Waals surface area contributed by atoms with Crippen molar-refractivity contribution in [3.05, 3.63) is 77.1 Å². The Balaban J connectivity index is 1.27. The molecule has 7 rings (SSSR count). The molecule has 0 saturated carbocycles. The van der Waals surface area contributed by atoms with Gasteiger partial charge in [0.05, 0.1) is 12.1 Å². The molecule has 0 radical (unpaired) electrons. The molecule has 3 unspecified atom stereocenters. The van der Waals surface area contributed by atoms with Crippen LogP contribution in [0.3, 0.4) is 0 Å². The lowest BCUT2D eigenvalue weighted by Crippen LogP contribution is -2.39. The minimum atomic E-state index is -0.228. The van der Waals surface area contributed by atoms with Crippen molar-refractivity contribution >= 4 is 5.69 Å². The fraction of sp³-hybridized carbons (Fsp3) is 0.280. The van der Waals surface area contributed by atoms with Crippen molar-refractivity contribution in [3.8, 4) is 23.0 Å². The van der Waals surface area contributed by atoms with Crippen molar-refractivity contribution in [2.24, 2.45) is 5.92 Å². The van der Waals surface area contributed by atoms with Gasteiger partial charge in [0, 0.05) is 30.8 Å². The molecular weight excluding hydrogens is 425 g/mol. The van der Waals surface area contributed by atoms with E-state index < -0.39 is 0 Å². The predicted molar refractivity (Wildman–Crippen MR) is 118 cm³/mol. The standard InChI is InChI=1S/C25H22FN3O4/c26-16-4-1-14(2-5-16)10-29-11-18-24(15-3-6-20-21(7-15)31-12-30-20)27-28-25(18)17-8-22-23(9-19(17)29)33-13-32-22/h1-9,18,24-25,27-28H,10-13H2. The summed E-state index contributed by atoms with van der Waals surface area (Å²) in [6.45, 7) is 1.97.